The van der Waals surface area contributed by atoms with Crippen LogP contribution in [0.5, 0.6) is 11.5 Å². The molecule has 1 amide bonds. The SMILES string of the molecule is COc1ccc(CCN(CCCC(=O)c2ccc3c(c2)CCNCC3)C(=O)C(F)(F)F)cc1OC. The molecule has 2 aromatic rings. The molecule has 0 unspecified atom stereocenters. The van der Waals surface area contributed by atoms with Gasteiger partial charge >= 0.3 is 12.1 Å². The number of fused-ring (bicyclic) bond motifs is 1. The number of hydrogen-bond acceptors (Lipinski definition) is 5. The number of ketones is 1. The van der Waals surface area contributed by atoms with Crippen molar-refractivity contribution in [3.8, 4) is 11.5 Å². The van der Waals surface area contributed by atoms with E-state index < -0.39 is 12.1 Å². The third-order valence-electron chi connectivity index (χ3n) is 6.15. The molecule has 0 bridgehead atoms. The van der Waals surface area contributed by atoms with Gasteiger partial charge in [0.25, 0.3) is 0 Å². The van der Waals surface area contributed by atoms with E-state index in [2.05, 4.69) is 5.32 Å². The molecule has 1 aliphatic heterocycles. The van der Waals surface area contributed by atoms with Crippen LogP contribution in [0.4, 0.5) is 13.2 Å². The van der Waals surface area contributed by atoms with Crippen molar-refractivity contribution in [1.29, 1.82) is 0 Å². The van der Waals surface area contributed by atoms with Gasteiger partial charge in [0.2, 0.25) is 0 Å². The summed E-state index contributed by atoms with van der Waals surface area (Å²) in [5, 5.41) is 3.32. The van der Waals surface area contributed by atoms with Gasteiger partial charge in [0.15, 0.2) is 17.3 Å². The molecule has 0 radical (unpaired) electrons. The second-order valence-corrected chi connectivity index (χ2v) is 8.49. The summed E-state index contributed by atoms with van der Waals surface area (Å²) in [6.45, 7) is 1.45. The maximum atomic E-state index is 13.2. The second kappa shape index (κ2) is 12.1. The number of alkyl halides is 3. The maximum Gasteiger partial charge on any atom is 0.471 e. The zero-order valence-electron chi connectivity index (χ0n) is 20.0. The van der Waals surface area contributed by atoms with E-state index in [1.54, 1.807) is 24.3 Å². The van der Waals surface area contributed by atoms with Gasteiger partial charge in [-0.2, -0.15) is 13.2 Å². The van der Waals surface area contributed by atoms with Gasteiger partial charge < -0.3 is 19.7 Å². The molecular weight excluding hydrogens is 461 g/mol. The van der Waals surface area contributed by atoms with Crippen molar-refractivity contribution in [2.24, 2.45) is 0 Å². The topological polar surface area (TPSA) is 67.9 Å². The minimum absolute atomic E-state index is 0.0645. The first-order chi connectivity index (χ1) is 16.7. The Bertz CT molecular complexity index is 1040. The molecule has 0 atom stereocenters. The van der Waals surface area contributed by atoms with E-state index in [4.69, 9.17) is 9.47 Å². The number of methoxy groups -OCH3 is 2. The highest BCUT2D eigenvalue weighted by Crippen LogP contribution is 2.28. The zero-order valence-corrected chi connectivity index (χ0v) is 20.0. The number of ether oxygens (including phenoxy) is 2. The maximum absolute atomic E-state index is 13.2. The van der Waals surface area contributed by atoms with Gasteiger partial charge in [0.05, 0.1) is 14.2 Å². The third-order valence-corrected chi connectivity index (χ3v) is 6.15. The number of nitrogens with one attached hydrogen (secondary N) is 1. The Kier molecular flexibility index (Phi) is 9.14. The predicted molar refractivity (Wildman–Crippen MR) is 126 cm³/mol. The molecule has 0 aliphatic carbocycles. The second-order valence-electron chi connectivity index (χ2n) is 8.49. The van der Waals surface area contributed by atoms with E-state index in [9.17, 15) is 22.8 Å². The molecule has 0 spiro atoms. The van der Waals surface area contributed by atoms with Gasteiger partial charge in [-0.1, -0.05) is 18.2 Å². The molecule has 1 heterocycles. The van der Waals surface area contributed by atoms with Crippen molar-refractivity contribution in [3.05, 3.63) is 58.7 Å². The molecule has 35 heavy (non-hydrogen) atoms. The molecule has 2 aromatic carbocycles. The molecule has 190 valence electrons. The fourth-order valence-electron chi connectivity index (χ4n) is 4.22. The van der Waals surface area contributed by atoms with Crippen LogP contribution in [-0.2, 0) is 24.1 Å². The van der Waals surface area contributed by atoms with Gasteiger partial charge in [-0.3, -0.25) is 9.59 Å². The summed E-state index contributed by atoms with van der Waals surface area (Å²) in [5.41, 5.74) is 3.61. The van der Waals surface area contributed by atoms with Crippen LogP contribution in [0.25, 0.3) is 0 Å². The lowest BCUT2D eigenvalue weighted by Gasteiger charge is -2.24. The molecule has 0 saturated heterocycles. The fourth-order valence-corrected chi connectivity index (χ4v) is 4.22. The van der Waals surface area contributed by atoms with Crippen LogP contribution < -0.4 is 14.8 Å². The lowest BCUT2D eigenvalue weighted by Crippen LogP contribution is -2.42. The molecule has 3 rings (SSSR count). The number of carbonyl (C=O) groups excluding carboxylic acids is 2. The number of nitrogens with zero attached hydrogens (tertiary/aromatic N) is 1. The van der Waals surface area contributed by atoms with Crippen LogP contribution in [0.15, 0.2) is 36.4 Å². The van der Waals surface area contributed by atoms with Gasteiger partial charge in [0.1, 0.15) is 0 Å². The number of halogens is 3. The quantitative estimate of drug-likeness (QED) is 0.508. The molecule has 0 saturated carbocycles. The molecule has 0 aromatic heterocycles. The van der Waals surface area contributed by atoms with Crippen molar-refractivity contribution in [1.82, 2.24) is 10.2 Å². The highest BCUT2D eigenvalue weighted by Gasteiger charge is 2.42. The summed E-state index contributed by atoms with van der Waals surface area (Å²) in [5.74, 6) is -1.07. The van der Waals surface area contributed by atoms with Crippen LogP contribution in [0.3, 0.4) is 0 Å². The lowest BCUT2D eigenvalue weighted by molar-refractivity contribution is -0.185. The number of hydrogen-bond donors (Lipinski definition) is 1. The first kappa shape index (κ1) is 26.5. The smallest absolute Gasteiger partial charge is 0.471 e. The summed E-state index contributed by atoms with van der Waals surface area (Å²) >= 11 is 0. The summed E-state index contributed by atoms with van der Waals surface area (Å²) in [4.78, 5) is 25.5. The van der Waals surface area contributed by atoms with E-state index in [1.165, 1.54) is 19.8 Å². The first-order valence-electron chi connectivity index (χ1n) is 11.7. The van der Waals surface area contributed by atoms with E-state index in [1.807, 2.05) is 12.1 Å². The van der Waals surface area contributed by atoms with Gasteiger partial charge in [-0.15, -0.1) is 0 Å². The lowest BCUT2D eigenvalue weighted by atomic mass is 9.97. The summed E-state index contributed by atoms with van der Waals surface area (Å²) in [6, 6.07) is 10.7. The van der Waals surface area contributed by atoms with E-state index in [0.29, 0.717) is 22.6 Å². The number of amides is 1. The average Bonchev–Trinajstić information content (AvgIpc) is 3.09. The minimum Gasteiger partial charge on any atom is -0.493 e. The molecule has 9 heteroatoms. The molecule has 6 nitrogen and oxygen atoms in total. The van der Waals surface area contributed by atoms with Gasteiger partial charge in [-0.25, -0.2) is 0 Å². The van der Waals surface area contributed by atoms with Crippen LogP contribution in [-0.4, -0.2) is 63.2 Å². The number of benzene rings is 2. The highest BCUT2D eigenvalue weighted by atomic mass is 19.4. The highest BCUT2D eigenvalue weighted by molar-refractivity contribution is 5.96. The minimum atomic E-state index is -4.98. The average molecular weight is 493 g/mol. The van der Waals surface area contributed by atoms with E-state index in [-0.39, 0.29) is 38.1 Å². The summed E-state index contributed by atoms with van der Waals surface area (Å²) < 4.78 is 50.0. The molecule has 0 fully saturated rings. The van der Waals surface area contributed by atoms with Crippen molar-refractivity contribution < 1.29 is 32.2 Å². The van der Waals surface area contributed by atoms with Gasteiger partial charge in [0, 0.05) is 25.1 Å². The summed E-state index contributed by atoms with van der Waals surface area (Å²) in [7, 11) is 2.96. The fraction of sp³-hybridized carbons (Fsp3) is 0.462. The standard InChI is InChI=1S/C26H31F3N2O4/c1-34-23-8-5-18(16-24(23)35-2)11-15-31(25(33)26(27,28)29)14-3-4-22(32)21-7-6-19-9-12-30-13-10-20(19)17-21/h5-8,16-17,30H,3-4,9-15H2,1-2H3. The van der Waals surface area contributed by atoms with E-state index in [0.717, 1.165) is 36.4 Å². The Labute approximate surface area is 203 Å². The Morgan fingerprint density at radius 3 is 2.34 bits per heavy atom. The molecular formula is C26H31F3N2O4. The molecule has 1 N–H and O–H groups in total. The normalized spacial score (nSPS) is 13.5. The monoisotopic (exact) mass is 492 g/mol. The predicted octanol–water partition coefficient (Wildman–Crippen LogP) is 3.99. The Hall–Kier alpha value is -3.07. The van der Waals surface area contributed by atoms with Crippen molar-refractivity contribution in [2.75, 3.05) is 40.4 Å². The number of rotatable bonds is 10. The number of carbonyl (C=O) groups is 2. The Morgan fingerprint density at radius 2 is 1.66 bits per heavy atom. The van der Waals surface area contributed by atoms with Crippen LogP contribution in [0.2, 0.25) is 0 Å². The van der Waals surface area contributed by atoms with Crippen LogP contribution in [0, 0.1) is 0 Å². The zero-order chi connectivity index (χ0) is 25.4. The van der Waals surface area contributed by atoms with E-state index >= 15 is 0 Å². The summed E-state index contributed by atoms with van der Waals surface area (Å²) in [6.07, 6.45) is -2.83. The Balaban J connectivity index is 1.62. The third kappa shape index (κ3) is 7.21. The first-order valence-corrected chi connectivity index (χ1v) is 11.7. The molecule has 1 aliphatic rings. The Morgan fingerprint density at radius 1 is 0.943 bits per heavy atom. The van der Waals surface area contributed by atoms with Crippen molar-refractivity contribution in [2.45, 2.75) is 38.3 Å². The van der Waals surface area contributed by atoms with Crippen molar-refractivity contribution in [3.63, 3.8) is 0 Å². The van der Waals surface area contributed by atoms with Gasteiger partial charge in [-0.05, 0) is 73.7 Å². The number of Topliss-reactive ketones (excluding diaryl/α,β-unsaturated/α-hetero) is 1. The largest absolute Gasteiger partial charge is 0.493 e. The van der Waals surface area contributed by atoms with Crippen LogP contribution in [0.1, 0.15) is 39.9 Å². The van der Waals surface area contributed by atoms with Crippen LogP contribution >= 0.6 is 0 Å². The van der Waals surface area contributed by atoms with Crippen molar-refractivity contribution >= 4 is 11.7 Å².